The normalized spacial score (nSPS) is 19.0. The van der Waals surface area contributed by atoms with E-state index in [1.807, 2.05) is 42.5 Å². The Balaban J connectivity index is 1.27. The number of fused-ring (bicyclic) bond motifs is 2. The Hall–Kier alpha value is -5.37. The Labute approximate surface area is 279 Å². The molecule has 4 amide bonds. The van der Waals surface area contributed by atoms with Crippen molar-refractivity contribution in [1.29, 1.82) is 0 Å². The zero-order chi connectivity index (χ0) is 33.8. The van der Waals surface area contributed by atoms with Crippen molar-refractivity contribution in [3.63, 3.8) is 0 Å². The first-order valence-electron chi connectivity index (χ1n) is 15.0. The van der Waals surface area contributed by atoms with Crippen LogP contribution in [0, 0.1) is 0 Å². The summed E-state index contributed by atoms with van der Waals surface area (Å²) in [7, 11) is 0. The monoisotopic (exact) mass is 671 g/mol. The summed E-state index contributed by atoms with van der Waals surface area (Å²) in [6.45, 7) is -1.71. The van der Waals surface area contributed by atoms with Gasteiger partial charge in [0, 0.05) is 16.6 Å². The molecule has 246 valence electrons. The van der Waals surface area contributed by atoms with Crippen LogP contribution in [0.15, 0.2) is 85.1 Å². The molecule has 3 heterocycles. The molecular formula is C34H30ClN5O8. The summed E-state index contributed by atoms with van der Waals surface area (Å²) >= 11 is 6.29. The summed E-state index contributed by atoms with van der Waals surface area (Å²) in [5.74, 6) is -3.39. The molecule has 2 aliphatic rings. The zero-order valence-electron chi connectivity index (χ0n) is 25.4. The van der Waals surface area contributed by atoms with E-state index in [4.69, 9.17) is 21.1 Å². The molecule has 3 atom stereocenters. The van der Waals surface area contributed by atoms with Crippen LogP contribution in [0.5, 0.6) is 0 Å². The average molecular weight is 672 g/mol. The average Bonchev–Trinajstić information content (AvgIpc) is 3.40. The van der Waals surface area contributed by atoms with Gasteiger partial charge in [-0.1, -0.05) is 66.2 Å². The number of nitrogens with zero attached hydrogens (tertiary/aromatic N) is 3. The molecule has 4 aromatic rings. The molecule has 2 aliphatic heterocycles. The fourth-order valence-electron chi connectivity index (χ4n) is 5.68. The number of nitrogens with one attached hydrogen (secondary N) is 2. The van der Waals surface area contributed by atoms with E-state index in [1.165, 1.54) is 24.4 Å². The fraction of sp³-hybridized carbons (Fsp3) is 0.235. The second kappa shape index (κ2) is 14.2. The molecule has 1 aromatic heterocycles. The number of hydrogen-bond acceptors (Lipinski definition) is 9. The highest BCUT2D eigenvalue weighted by Gasteiger charge is 2.40. The van der Waals surface area contributed by atoms with Gasteiger partial charge in [0.25, 0.3) is 17.7 Å². The number of anilines is 2. The van der Waals surface area contributed by atoms with Crippen LogP contribution in [0.1, 0.15) is 22.5 Å². The van der Waals surface area contributed by atoms with Gasteiger partial charge in [-0.05, 0) is 35.2 Å². The fourth-order valence-corrected chi connectivity index (χ4v) is 5.85. The number of benzene rings is 3. The minimum Gasteiger partial charge on any atom is -0.433 e. The minimum absolute atomic E-state index is 0.0579. The number of amides is 4. The van der Waals surface area contributed by atoms with Gasteiger partial charge in [-0.2, -0.15) is 0 Å². The number of cyclic esters (lactones) is 1. The third-order valence-electron chi connectivity index (χ3n) is 7.95. The third kappa shape index (κ3) is 6.98. The van der Waals surface area contributed by atoms with Crippen molar-refractivity contribution in [3.05, 3.63) is 101 Å². The van der Waals surface area contributed by atoms with Crippen LogP contribution >= 0.6 is 11.6 Å². The number of carbonyl (C=O) groups excluding carboxylic acids is 5. The SMILES string of the molecule is O=C(CN1C(=O)C(NC(=O)c2nccc3ccccc23)CN(C(=O)CO)c2cc(Cl)ccc21)NC1CC(=O)OC1OCc1ccccc1. The number of pyridine rings is 1. The number of aromatic nitrogens is 1. The molecule has 0 radical (unpaired) electrons. The Morgan fingerprint density at radius 1 is 0.979 bits per heavy atom. The molecule has 3 unspecified atom stereocenters. The summed E-state index contributed by atoms with van der Waals surface area (Å²) in [5, 5.41) is 16.7. The van der Waals surface area contributed by atoms with E-state index < -0.39 is 61.1 Å². The molecule has 6 rings (SSSR count). The maximum Gasteiger partial charge on any atom is 0.310 e. The van der Waals surface area contributed by atoms with Gasteiger partial charge in [0.05, 0.1) is 30.9 Å². The van der Waals surface area contributed by atoms with E-state index in [2.05, 4.69) is 15.6 Å². The van der Waals surface area contributed by atoms with Gasteiger partial charge in [-0.3, -0.25) is 33.9 Å². The number of aliphatic hydroxyl groups excluding tert-OH is 1. The maximum absolute atomic E-state index is 14.2. The highest BCUT2D eigenvalue weighted by atomic mass is 35.5. The molecule has 0 spiro atoms. The van der Waals surface area contributed by atoms with Crippen molar-refractivity contribution in [1.82, 2.24) is 15.6 Å². The van der Waals surface area contributed by atoms with E-state index in [0.717, 1.165) is 20.7 Å². The molecule has 3 N–H and O–H groups in total. The lowest BCUT2D eigenvalue weighted by Gasteiger charge is -2.26. The highest BCUT2D eigenvalue weighted by Crippen LogP contribution is 2.35. The number of halogens is 1. The minimum atomic E-state index is -1.37. The lowest BCUT2D eigenvalue weighted by atomic mass is 10.1. The van der Waals surface area contributed by atoms with Crippen LogP contribution in [0.3, 0.4) is 0 Å². The first-order chi connectivity index (χ1) is 23.2. The summed E-state index contributed by atoms with van der Waals surface area (Å²) < 4.78 is 11.1. The van der Waals surface area contributed by atoms with Crippen molar-refractivity contribution >= 4 is 63.3 Å². The zero-order valence-corrected chi connectivity index (χ0v) is 26.1. The molecule has 0 saturated carbocycles. The standard InChI is InChI=1S/C34H30ClN5O8/c35-22-10-11-26-27(14-22)39(29(43)18-41)16-25(38-32(45)31-23-9-5-4-8-21(23)12-13-36-31)33(46)40(26)17-28(42)37-24-15-30(44)48-34(24)47-19-20-6-2-1-3-7-20/h1-14,24-25,34,41H,15-19H2,(H,37,42)(H,38,45). The smallest absolute Gasteiger partial charge is 0.310 e. The predicted molar refractivity (Wildman–Crippen MR) is 174 cm³/mol. The van der Waals surface area contributed by atoms with Crippen LogP contribution in [0.25, 0.3) is 10.8 Å². The highest BCUT2D eigenvalue weighted by molar-refractivity contribution is 6.31. The third-order valence-corrected chi connectivity index (χ3v) is 8.18. The van der Waals surface area contributed by atoms with Gasteiger partial charge in [0.1, 0.15) is 30.9 Å². The second-order valence-corrected chi connectivity index (χ2v) is 11.6. The maximum atomic E-state index is 14.2. The number of ether oxygens (including phenoxy) is 2. The van der Waals surface area contributed by atoms with Gasteiger partial charge in [0.2, 0.25) is 12.2 Å². The van der Waals surface area contributed by atoms with Crippen LogP contribution in [-0.4, -0.2) is 77.8 Å². The molecule has 13 nitrogen and oxygen atoms in total. The van der Waals surface area contributed by atoms with Crippen molar-refractivity contribution in [2.24, 2.45) is 0 Å². The van der Waals surface area contributed by atoms with E-state index in [9.17, 15) is 29.1 Å². The predicted octanol–water partition coefficient (Wildman–Crippen LogP) is 2.33. The lowest BCUT2D eigenvalue weighted by molar-refractivity contribution is -0.168. The Kier molecular flexibility index (Phi) is 9.62. The van der Waals surface area contributed by atoms with E-state index in [0.29, 0.717) is 5.39 Å². The first-order valence-corrected chi connectivity index (χ1v) is 15.4. The van der Waals surface area contributed by atoms with Gasteiger partial charge in [0.15, 0.2) is 0 Å². The van der Waals surface area contributed by atoms with E-state index in [1.54, 1.807) is 18.2 Å². The van der Waals surface area contributed by atoms with E-state index >= 15 is 0 Å². The van der Waals surface area contributed by atoms with Crippen LogP contribution in [-0.2, 0) is 35.3 Å². The number of carbonyl (C=O) groups is 5. The molecule has 1 saturated heterocycles. The molecular weight excluding hydrogens is 642 g/mol. The van der Waals surface area contributed by atoms with Crippen LogP contribution < -0.4 is 20.4 Å². The summed E-state index contributed by atoms with van der Waals surface area (Å²) in [6.07, 6.45) is 0.252. The molecule has 0 aliphatic carbocycles. The topological polar surface area (TPSA) is 167 Å². The Bertz CT molecular complexity index is 1880. The van der Waals surface area contributed by atoms with Gasteiger partial charge < -0.3 is 30.1 Å². The van der Waals surface area contributed by atoms with Gasteiger partial charge in [-0.15, -0.1) is 0 Å². The number of rotatable bonds is 9. The number of hydrogen-bond donors (Lipinski definition) is 3. The molecule has 1 fully saturated rings. The van der Waals surface area contributed by atoms with Gasteiger partial charge in [-0.25, -0.2) is 0 Å². The summed E-state index contributed by atoms with van der Waals surface area (Å²) in [6, 6.07) is 20.2. The Morgan fingerprint density at radius 3 is 2.54 bits per heavy atom. The summed E-state index contributed by atoms with van der Waals surface area (Å²) in [4.78, 5) is 73.0. The molecule has 48 heavy (non-hydrogen) atoms. The van der Waals surface area contributed by atoms with Crippen LogP contribution in [0.4, 0.5) is 11.4 Å². The van der Waals surface area contributed by atoms with Crippen molar-refractivity contribution < 1.29 is 38.6 Å². The van der Waals surface area contributed by atoms with Crippen molar-refractivity contribution in [2.75, 3.05) is 29.5 Å². The largest absolute Gasteiger partial charge is 0.433 e. The quantitative estimate of drug-likeness (QED) is 0.226. The lowest BCUT2D eigenvalue weighted by Crippen LogP contribution is -2.55. The number of aliphatic hydroxyl groups is 1. The number of esters is 1. The van der Waals surface area contributed by atoms with Crippen molar-refractivity contribution in [2.45, 2.75) is 31.4 Å². The van der Waals surface area contributed by atoms with Gasteiger partial charge >= 0.3 is 5.97 Å². The molecule has 0 bridgehead atoms. The molecule has 3 aromatic carbocycles. The Morgan fingerprint density at radius 2 is 1.75 bits per heavy atom. The summed E-state index contributed by atoms with van der Waals surface area (Å²) in [5.41, 5.74) is 1.18. The molecule has 14 heteroatoms. The van der Waals surface area contributed by atoms with Crippen LogP contribution in [0.2, 0.25) is 5.02 Å². The first kappa shape index (κ1) is 32.6. The van der Waals surface area contributed by atoms with E-state index in [-0.39, 0.29) is 41.7 Å². The second-order valence-electron chi connectivity index (χ2n) is 11.2. The van der Waals surface area contributed by atoms with Crippen molar-refractivity contribution in [3.8, 4) is 0 Å².